The van der Waals surface area contributed by atoms with Crippen LogP contribution in [0.2, 0.25) is 0 Å². The third-order valence-electron chi connectivity index (χ3n) is 6.15. The molecule has 4 rings (SSSR count). The fourth-order valence-corrected chi connectivity index (χ4v) is 4.35. The molecule has 4 N–H and O–H groups in total. The maximum atomic E-state index is 12.7. The Hall–Kier alpha value is -3.41. The van der Waals surface area contributed by atoms with E-state index in [-0.39, 0.29) is 17.7 Å². The molecule has 3 atom stereocenters. The normalized spacial score (nSPS) is 19.1. The molecule has 0 spiro atoms. The summed E-state index contributed by atoms with van der Waals surface area (Å²) in [4.78, 5) is 29.3. The summed E-state index contributed by atoms with van der Waals surface area (Å²) in [5.41, 5.74) is 8.14. The molecule has 31 heavy (non-hydrogen) atoms. The van der Waals surface area contributed by atoms with Crippen molar-refractivity contribution in [1.29, 1.82) is 0 Å². The van der Waals surface area contributed by atoms with Crippen LogP contribution in [0.1, 0.15) is 43.2 Å². The standard InChI is InChI=1S/C25H28N4O2/c1-16(29-25(31)21-9-8-19(14-21)18-5-3-2-4-6-18)24(30)28-15-17-7-10-22-20(13-17)11-12-27-23(22)26/h2-7,10-13,16,19,21H,8-9,14-15H2,1H3,(H2,26,27)(H,28,30)(H,29,31)/t16-,19-,21+/m0/s1. The minimum Gasteiger partial charge on any atom is -0.383 e. The van der Waals surface area contributed by atoms with E-state index < -0.39 is 6.04 Å². The van der Waals surface area contributed by atoms with Gasteiger partial charge in [-0.15, -0.1) is 0 Å². The number of carbonyl (C=O) groups is 2. The number of nitrogen functional groups attached to an aromatic ring is 1. The maximum Gasteiger partial charge on any atom is 0.242 e. The largest absolute Gasteiger partial charge is 0.383 e. The van der Waals surface area contributed by atoms with Gasteiger partial charge in [-0.3, -0.25) is 9.59 Å². The van der Waals surface area contributed by atoms with Crippen LogP contribution in [0.15, 0.2) is 60.8 Å². The third-order valence-corrected chi connectivity index (χ3v) is 6.15. The predicted octanol–water partition coefficient (Wildman–Crippen LogP) is 3.52. The van der Waals surface area contributed by atoms with Gasteiger partial charge in [-0.05, 0) is 60.7 Å². The Balaban J connectivity index is 1.28. The van der Waals surface area contributed by atoms with Gasteiger partial charge >= 0.3 is 0 Å². The Morgan fingerprint density at radius 2 is 1.94 bits per heavy atom. The number of nitrogens with one attached hydrogen (secondary N) is 2. The molecule has 1 saturated carbocycles. The lowest BCUT2D eigenvalue weighted by Crippen LogP contribution is -2.46. The second kappa shape index (κ2) is 9.16. The summed E-state index contributed by atoms with van der Waals surface area (Å²) in [5, 5.41) is 7.67. The zero-order valence-electron chi connectivity index (χ0n) is 17.7. The number of carbonyl (C=O) groups excluding carboxylic acids is 2. The topological polar surface area (TPSA) is 97.1 Å². The van der Waals surface area contributed by atoms with Crippen molar-refractivity contribution in [2.45, 2.75) is 44.7 Å². The van der Waals surface area contributed by atoms with Crippen molar-refractivity contribution >= 4 is 28.4 Å². The fraction of sp³-hybridized carbons (Fsp3) is 0.320. The number of rotatable bonds is 6. The van der Waals surface area contributed by atoms with Gasteiger partial charge in [0.05, 0.1) is 0 Å². The minimum atomic E-state index is -0.580. The van der Waals surface area contributed by atoms with Gasteiger partial charge in [-0.1, -0.05) is 42.5 Å². The molecule has 2 amide bonds. The van der Waals surface area contributed by atoms with E-state index in [1.807, 2.05) is 42.5 Å². The minimum absolute atomic E-state index is 0.0326. The van der Waals surface area contributed by atoms with Crippen LogP contribution < -0.4 is 16.4 Å². The highest BCUT2D eigenvalue weighted by atomic mass is 16.2. The highest BCUT2D eigenvalue weighted by Crippen LogP contribution is 2.38. The molecule has 6 heteroatoms. The number of nitrogens with zero attached hydrogens (tertiary/aromatic N) is 1. The smallest absolute Gasteiger partial charge is 0.242 e. The maximum absolute atomic E-state index is 12.7. The van der Waals surface area contributed by atoms with E-state index in [0.29, 0.717) is 18.3 Å². The van der Waals surface area contributed by atoms with Gasteiger partial charge in [-0.25, -0.2) is 4.98 Å². The third kappa shape index (κ3) is 4.85. The van der Waals surface area contributed by atoms with E-state index in [2.05, 4.69) is 27.8 Å². The number of fused-ring (bicyclic) bond motifs is 1. The lowest BCUT2D eigenvalue weighted by atomic mass is 9.96. The number of nitrogens with two attached hydrogens (primary N) is 1. The Labute approximate surface area is 182 Å². The summed E-state index contributed by atoms with van der Waals surface area (Å²) >= 11 is 0. The van der Waals surface area contributed by atoms with E-state index in [1.54, 1.807) is 13.1 Å². The molecule has 1 aliphatic rings. The molecule has 1 heterocycles. The molecule has 0 radical (unpaired) electrons. The summed E-state index contributed by atoms with van der Waals surface area (Å²) in [6.45, 7) is 2.11. The first-order chi connectivity index (χ1) is 15.0. The summed E-state index contributed by atoms with van der Waals surface area (Å²) in [6.07, 6.45) is 4.36. The van der Waals surface area contributed by atoms with Crippen LogP contribution >= 0.6 is 0 Å². The number of hydrogen-bond donors (Lipinski definition) is 3. The predicted molar refractivity (Wildman–Crippen MR) is 122 cm³/mol. The van der Waals surface area contributed by atoms with Gasteiger partial charge in [0.15, 0.2) is 0 Å². The molecule has 1 aliphatic carbocycles. The van der Waals surface area contributed by atoms with Crippen molar-refractivity contribution < 1.29 is 9.59 Å². The number of anilines is 1. The monoisotopic (exact) mass is 416 g/mol. The van der Waals surface area contributed by atoms with Crippen LogP contribution in [0.25, 0.3) is 10.8 Å². The SMILES string of the molecule is C[C@H](NC(=O)[C@@H]1CC[C@H](c2ccccc2)C1)C(=O)NCc1ccc2c(N)nccc2c1. The fourth-order valence-electron chi connectivity index (χ4n) is 4.35. The lowest BCUT2D eigenvalue weighted by molar-refractivity contribution is -0.130. The average molecular weight is 417 g/mol. The molecule has 3 aromatic rings. The van der Waals surface area contributed by atoms with Crippen LogP contribution in [0.5, 0.6) is 0 Å². The Kier molecular flexibility index (Phi) is 6.16. The first kappa shape index (κ1) is 20.8. The number of amides is 2. The quantitative estimate of drug-likeness (QED) is 0.573. The summed E-state index contributed by atoms with van der Waals surface area (Å²) in [6, 6.07) is 17.5. The first-order valence-corrected chi connectivity index (χ1v) is 10.8. The molecule has 0 bridgehead atoms. The van der Waals surface area contributed by atoms with Crippen LogP contribution in [0, 0.1) is 5.92 Å². The van der Waals surface area contributed by atoms with E-state index in [9.17, 15) is 9.59 Å². The molecule has 2 aromatic carbocycles. The molecule has 0 unspecified atom stereocenters. The van der Waals surface area contributed by atoms with Crippen molar-refractivity contribution in [2.75, 3.05) is 5.73 Å². The summed E-state index contributed by atoms with van der Waals surface area (Å²) < 4.78 is 0. The van der Waals surface area contributed by atoms with E-state index >= 15 is 0 Å². The molecular weight excluding hydrogens is 388 g/mol. The Morgan fingerprint density at radius 1 is 1.13 bits per heavy atom. The zero-order chi connectivity index (χ0) is 21.8. The van der Waals surface area contributed by atoms with E-state index in [1.165, 1.54) is 5.56 Å². The highest BCUT2D eigenvalue weighted by molar-refractivity contribution is 5.91. The van der Waals surface area contributed by atoms with Crippen molar-refractivity contribution in [3.63, 3.8) is 0 Å². The lowest BCUT2D eigenvalue weighted by Gasteiger charge is -2.17. The molecule has 0 saturated heterocycles. The molecule has 1 fully saturated rings. The van der Waals surface area contributed by atoms with Crippen molar-refractivity contribution in [2.24, 2.45) is 5.92 Å². The van der Waals surface area contributed by atoms with Crippen LogP contribution in [0.3, 0.4) is 0 Å². The van der Waals surface area contributed by atoms with Gasteiger partial charge in [0.1, 0.15) is 11.9 Å². The number of hydrogen-bond acceptors (Lipinski definition) is 4. The van der Waals surface area contributed by atoms with Crippen LogP contribution in [0.4, 0.5) is 5.82 Å². The second-order valence-electron chi connectivity index (χ2n) is 8.32. The molecule has 160 valence electrons. The van der Waals surface area contributed by atoms with Gasteiger partial charge in [0, 0.05) is 24.0 Å². The van der Waals surface area contributed by atoms with Crippen molar-refractivity contribution in [3.05, 3.63) is 71.9 Å². The van der Waals surface area contributed by atoms with E-state index in [4.69, 9.17) is 5.73 Å². The number of aromatic nitrogens is 1. The van der Waals surface area contributed by atoms with Gasteiger partial charge < -0.3 is 16.4 Å². The molecular formula is C25H28N4O2. The highest BCUT2D eigenvalue weighted by Gasteiger charge is 2.31. The average Bonchev–Trinajstić information content (AvgIpc) is 3.28. The van der Waals surface area contributed by atoms with Crippen molar-refractivity contribution in [1.82, 2.24) is 15.6 Å². The zero-order valence-corrected chi connectivity index (χ0v) is 17.7. The molecule has 0 aliphatic heterocycles. The van der Waals surface area contributed by atoms with Gasteiger partial charge in [0.25, 0.3) is 0 Å². The Morgan fingerprint density at radius 3 is 2.74 bits per heavy atom. The number of benzene rings is 2. The van der Waals surface area contributed by atoms with Crippen molar-refractivity contribution in [3.8, 4) is 0 Å². The van der Waals surface area contributed by atoms with Gasteiger partial charge in [0.2, 0.25) is 11.8 Å². The first-order valence-electron chi connectivity index (χ1n) is 10.8. The number of pyridine rings is 1. The summed E-state index contributed by atoms with van der Waals surface area (Å²) in [7, 11) is 0. The summed E-state index contributed by atoms with van der Waals surface area (Å²) in [5.74, 6) is 0.638. The van der Waals surface area contributed by atoms with Crippen LogP contribution in [-0.2, 0) is 16.1 Å². The van der Waals surface area contributed by atoms with Crippen LogP contribution in [-0.4, -0.2) is 22.8 Å². The molecule has 1 aromatic heterocycles. The van der Waals surface area contributed by atoms with E-state index in [0.717, 1.165) is 35.6 Å². The Bertz CT molecular complexity index is 1080. The van der Waals surface area contributed by atoms with Gasteiger partial charge in [-0.2, -0.15) is 0 Å². The second-order valence-corrected chi connectivity index (χ2v) is 8.32. The molecule has 6 nitrogen and oxygen atoms in total.